The third-order valence-electron chi connectivity index (χ3n) is 3.90. The highest BCUT2D eigenvalue weighted by atomic mass is 16.5. The average Bonchev–Trinajstić information content (AvgIpc) is 2.91. The molecule has 1 aliphatic heterocycles. The molecule has 8 heteroatoms. The SMILES string of the molecule is CCOC(=O)C[C@H]1CCCCN1C(=O)CCn1nnnc1C. The van der Waals surface area contributed by atoms with Crippen molar-refractivity contribution >= 4 is 11.9 Å². The van der Waals surface area contributed by atoms with E-state index >= 15 is 0 Å². The molecule has 22 heavy (non-hydrogen) atoms. The zero-order valence-corrected chi connectivity index (χ0v) is 13.2. The molecule has 0 spiro atoms. The monoisotopic (exact) mass is 309 g/mol. The van der Waals surface area contributed by atoms with Gasteiger partial charge in [0.15, 0.2) is 0 Å². The van der Waals surface area contributed by atoms with E-state index < -0.39 is 0 Å². The molecule has 1 amide bonds. The van der Waals surface area contributed by atoms with Crippen LogP contribution in [0.5, 0.6) is 0 Å². The predicted octanol–water partition coefficient (Wildman–Crippen LogP) is 0.706. The minimum Gasteiger partial charge on any atom is -0.466 e. The van der Waals surface area contributed by atoms with Crippen LogP contribution in [-0.2, 0) is 20.9 Å². The van der Waals surface area contributed by atoms with Gasteiger partial charge in [-0.2, -0.15) is 0 Å². The van der Waals surface area contributed by atoms with Gasteiger partial charge in [-0.05, 0) is 43.5 Å². The topological polar surface area (TPSA) is 90.2 Å². The van der Waals surface area contributed by atoms with Gasteiger partial charge in [0.05, 0.1) is 19.6 Å². The summed E-state index contributed by atoms with van der Waals surface area (Å²) in [6.45, 7) is 5.13. The second-order valence-corrected chi connectivity index (χ2v) is 5.45. The minimum absolute atomic E-state index is 0.0453. The Morgan fingerprint density at radius 3 is 2.86 bits per heavy atom. The van der Waals surface area contributed by atoms with Crippen LogP contribution in [0, 0.1) is 6.92 Å². The van der Waals surface area contributed by atoms with Crippen LogP contribution >= 0.6 is 0 Å². The zero-order chi connectivity index (χ0) is 15.9. The number of aromatic nitrogens is 4. The molecule has 0 bridgehead atoms. The molecule has 1 aromatic heterocycles. The third kappa shape index (κ3) is 4.25. The number of likely N-dealkylation sites (tertiary alicyclic amines) is 1. The first-order valence-corrected chi connectivity index (χ1v) is 7.79. The highest BCUT2D eigenvalue weighted by molar-refractivity contribution is 5.78. The number of aryl methyl sites for hydroxylation is 2. The maximum Gasteiger partial charge on any atom is 0.307 e. The van der Waals surface area contributed by atoms with Gasteiger partial charge in [0.2, 0.25) is 5.91 Å². The molecule has 2 rings (SSSR count). The normalized spacial score (nSPS) is 18.3. The largest absolute Gasteiger partial charge is 0.466 e. The molecule has 0 aromatic carbocycles. The van der Waals surface area contributed by atoms with E-state index in [0.717, 1.165) is 19.3 Å². The van der Waals surface area contributed by atoms with Crippen molar-refractivity contribution in [2.75, 3.05) is 13.2 Å². The Bertz CT molecular complexity index is 516. The summed E-state index contributed by atoms with van der Waals surface area (Å²) in [6.07, 6.45) is 3.50. The molecule has 0 N–H and O–H groups in total. The number of carbonyl (C=O) groups excluding carboxylic acids is 2. The molecule has 1 saturated heterocycles. The maximum absolute atomic E-state index is 12.4. The molecule has 0 unspecified atom stereocenters. The maximum atomic E-state index is 12.4. The molecular weight excluding hydrogens is 286 g/mol. The first kappa shape index (κ1) is 16.4. The van der Waals surface area contributed by atoms with E-state index in [2.05, 4.69) is 15.5 Å². The number of carbonyl (C=O) groups is 2. The lowest BCUT2D eigenvalue weighted by molar-refractivity contribution is -0.146. The van der Waals surface area contributed by atoms with Crippen LogP contribution in [0.15, 0.2) is 0 Å². The molecule has 122 valence electrons. The molecule has 1 aromatic rings. The predicted molar refractivity (Wildman–Crippen MR) is 77.8 cm³/mol. The standard InChI is InChI=1S/C14H23N5O3/c1-3-22-14(21)10-12-6-4-5-8-18(12)13(20)7-9-19-11(2)15-16-17-19/h12H,3-10H2,1-2H3/t12-/m1/s1. The number of esters is 1. The molecule has 1 atom stereocenters. The van der Waals surface area contributed by atoms with E-state index in [1.54, 1.807) is 18.5 Å². The average molecular weight is 309 g/mol. The Balaban J connectivity index is 1.90. The molecule has 2 heterocycles. The van der Waals surface area contributed by atoms with Gasteiger partial charge in [-0.3, -0.25) is 9.59 Å². The summed E-state index contributed by atoms with van der Waals surface area (Å²) in [5.74, 6) is 0.502. The molecule has 0 saturated carbocycles. The smallest absolute Gasteiger partial charge is 0.307 e. The Morgan fingerprint density at radius 1 is 1.36 bits per heavy atom. The van der Waals surface area contributed by atoms with Crippen LogP contribution in [0.1, 0.15) is 44.9 Å². The zero-order valence-electron chi connectivity index (χ0n) is 13.2. The summed E-state index contributed by atoms with van der Waals surface area (Å²) in [7, 11) is 0. The van der Waals surface area contributed by atoms with Crippen molar-refractivity contribution in [1.29, 1.82) is 0 Å². The number of rotatable bonds is 6. The fourth-order valence-corrected chi connectivity index (χ4v) is 2.75. The van der Waals surface area contributed by atoms with E-state index in [1.807, 2.05) is 4.90 Å². The molecule has 0 aliphatic carbocycles. The fourth-order valence-electron chi connectivity index (χ4n) is 2.75. The van der Waals surface area contributed by atoms with Crippen LogP contribution in [0.2, 0.25) is 0 Å². The molecule has 0 radical (unpaired) electrons. The van der Waals surface area contributed by atoms with Crippen LogP contribution < -0.4 is 0 Å². The van der Waals surface area contributed by atoms with Gasteiger partial charge in [0, 0.05) is 19.0 Å². The molecule has 1 aliphatic rings. The van der Waals surface area contributed by atoms with Gasteiger partial charge in [-0.15, -0.1) is 5.10 Å². The lowest BCUT2D eigenvalue weighted by atomic mass is 9.99. The number of nitrogens with zero attached hydrogens (tertiary/aromatic N) is 5. The van der Waals surface area contributed by atoms with Crippen molar-refractivity contribution < 1.29 is 14.3 Å². The van der Waals surface area contributed by atoms with Crippen LogP contribution in [-0.4, -0.2) is 56.2 Å². The van der Waals surface area contributed by atoms with E-state index in [1.165, 1.54) is 0 Å². The second-order valence-electron chi connectivity index (χ2n) is 5.45. The third-order valence-corrected chi connectivity index (χ3v) is 3.90. The Hall–Kier alpha value is -1.99. The summed E-state index contributed by atoms with van der Waals surface area (Å²) < 4.78 is 6.61. The first-order chi connectivity index (χ1) is 10.6. The lowest BCUT2D eigenvalue weighted by Crippen LogP contribution is -2.45. The number of ether oxygens (including phenoxy) is 1. The second kappa shape index (κ2) is 7.86. The summed E-state index contributed by atoms with van der Waals surface area (Å²) in [5, 5.41) is 11.2. The Morgan fingerprint density at radius 2 is 2.18 bits per heavy atom. The first-order valence-electron chi connectivity index (χ1n) is 7.79. The quantitative estimate of drug-likeness (QED) is 0.719. The number of tetrazole rings is 1. The van der Waals surface area contributed by atoms with Crippen molar-refractivity contribution in [2.45, 2.75) is 58.5 Å². The van der Waals surface area contributed by atoms with Crippen LogP contribution in [0.3, 0.4) is 0 Å². The van der Waals surface area contributed by atoms with E-state index in [-0.39, 0.29) is 24.3 Å². The Labute approximate surface area is 129 Å². The number of amides is 1. The summed E-state index contributed by atoms with van der Waals surface area (Å²) in [5.41, 5.74) is 0. The van der Waals surface area contributed by atoms with Gasteiger partial charge in [-0.1, -0.05) is 0 Å². The Kier molecular flexibility index (Phi) is 5.85. The van der Waals surface area contributed by atoms with Gasteiger partial charge >= 0.3 is 5.97 Å². The van der Waals surface area contributed by atoms with Crippen LogP contribution in [0.25, 0.3) is 0 Å². The number of piperidine rings is 1. The van der Waals surface area contributed by atoms with Gasteiger partial charge in [0.1, 0.15) is 5.82 Å². The highest BCUT2D eigenvalue weighted by Crippen LogP contribution is 2.21. The van der Waals surface area contributed by atoms with E-state index in [9.17, 15) is 9.59 Å². The molecule has 1 fully saturated rings. The van der Waals surface area contributed by atoms with Gasteiger partial charge in [-0.25, -0.2) is 4.68 Å². The van der Waals surface area contributed by atoms with Crippen molar-refractivity contribution in [3.05, 3.63) is 5.82 Å². The van der Waals surface area contributed by atoms with Crippen molar-refractivity contribution in [2.24, 2.45) is 0 Å². The van der Waals surface area contributed by atoms with E-state index in [0.29, 0.717) is 31.9 Å². The van der Waals surface area contributed by atoms with Crippen molar-refractivity contribution in [1.82, 2.24) is 25.1 Å². The van der Waals surface area contributed by atoms with Gasteiger partial charge in [0.25, 0.3) is 0 Å². The molecular formula is C14H23N5O3. The van der Waals surface area contributed by atoms with Crippen molar-refractivity contribution in [3.8, 4) is 0 Å². The highest BCUT2D eigenvalue weighted by Gasteiger charge is 2.28. The lowest BCUT2D eigenvalue weighted by Gasteiger charge is -2.35. The molecule has 8 nitrogen and oxygen atoms in total. The number of hydrogen-bond donors (Lipinski definition) is 0. The van der Waals surface area contributed by atoms with E-state index in [4.69, 9.17) is 4.74 Å². The number of hydrogen-bond acceptors (Lipinski definition) is 6. The summed E-state index contributed by atoms with van der Waals surface area (Å²) >= 11 is 0. The van der Waals surface area contributed by atoms with Crippen molar-refractivity contribution in [3.63, 3.8) is 0 Å². The van der Waals surface area contributed by atoms with Crippen LogP contribution in [0.4, 0.5) is 0 Å². The minimum atomic E-state index is -0.233. The summed E-state index contributed by atoms with van der Waals surface area (Å²) in [6, 6.07) is -0.0460. The fraction of sp³-hybridized carbons (Fsp3) is 0.786. The van der Waals surface area contributed by atoms with Gasteiger partial charge < -0.3 is 9.64 Å². The summed E-state index contributed by atoms with van der Waals surface area (Å²) in [4.78, 5) is 25.9.